The third kappa shape index (κ3) is 3.74. The fraction of sp³-hybridized carbons (Fsp3) is 1.00. The fourth-order valence-electron chi connectivity index (χ4n) is 2.58. The van der Waals surface area contributed by atoms with Crippen LogP contribution in [0.2, 0.25) is 0 Å². The average Bonchev–Trinajstić information content (AvgIpc) is 2.16. The molecule has 0 aliphatic carbocycles. The number of nitrogens with zero attached hydrogens (tertiary/aromatic N) is 2. The highest BCUT2D eigenvalue weighted by molar-refractivity contribution is 4.82. The molecule has 0 radical (unpaired) electrons. The molecule has 15 heavy (non-hydrogen) atoms. The molecular weight excluding hydrogens is 186 g/mol. The molecule has 3 heteroatoms. The Morgan fingerprint density at radius 2 is 2.00 bits per heavy atom. The zero-order valence-electron chi connectivity index (χ0n) is 10.7. The molecule has 1 aliphatic rings. The third-order valence-electron chi connectivity index (χ3n) is 3.54. The number of hydrogen-bond donors (Lipinski definition) is 1. The van der Waals surface area contributed by atoms with Crippen LogP contribution in [-0.2, 0) is 0 Å². The van der Waals surface area contributed by atoms with E-state index in [9.17, 15) is 0 Å². The second-order valence-corrected chi connectivity index (χ2v) is 5.03. The van der Waals surface area contributed by atoms with Gasteiger partial charge >= 0.3 is 0 Å². The van der Waals surface area contributed by atoms with Crippen molar-refractivity contribution in [3.8, 4) is 0 Å². The molecule has 3 unspecified atom stereocenters. The van der Waals surface area contributed by atoms with Gasteiger partial charge in [-0.15, -0.1) is 0 Å². The lowest BCUT2D eigenvalue weighted by Gasteiger charge is -2.42. The maximum atomic E-state index is 5.85. The van der Waals surface area contributed by atoms with Crippen LogP contribution in [0.1, 0.15) is 34.1 Å². The molecule has 1 aliphatic heterocycles. The van der Waals surface area contributed by atoms with Gasteiger partial charge in [0.1, 0.15) is 0 Å². The Hall–Kier alpha value is -0.120. The highest BCUT2D eigenvalue weighted by Crippen LogP contribution is 2.14. The first-order valence-electron chi connectivity index (χ1n) is 6.28. The van der Waals surface area contributed by atoms with Gasteiger partial charge in [0.15, 0.2) is 0 Å². The lowest BCUT2D eigenvalue weighted by Crippen LogP contribution is -2.54. The van der Waals surface area contributed by atoms with Crippen molar-refractivity contribution in [3.05, 3.63) is 0 Å². The van der Waals surface area contributed by atoms with Crippen LogP contribution in [0, 0.1) is 0 Å². The summed E-state index contributed by atoms with van der Waals surface area (Å²) in [6, 6.07) is 1.64. The molecule has 1 fully saturated rings. The molecule has 0 amide bonds. The van der Waals surface area contributed by atoms with Crippen LogP contribution in [0.4, 0.5) is 0 Å². The Morgan fingerprint density at radius 1 is 1.33 bits per heavy atom. The maximum absolute atomic E-state index is 5.85. The van der Waals surface area contributed by atoms with E-state index >= 15 is 0 Å². The van der Waals surface area contributed by atoms with E-state index in [-0.39, 0.29) is 0 Å². The smallest absolute Gasteiger partial charge is 0.0195 e. The van der Waals surface area contributed by atoms with Crippen LogP contribution >= 0.6 is 0 Å². The number of piperazine rings is 1. The van der Waals surface area contributed by atoms with Crippen molar-refractivity contribution in [2.45, 2.75) is 52.2 Å². The van der Waals surface area contributed by atoms with Crippen molar-refractivity contribution >= 4 is 0 Å². The monoisotopic (exact) mass is 213 g/mol. The molecule has 1 rings (SSSR count). The van der Waals surface area contributed by atoms with Crippen molar-refractivity contribution in [2.24, 2.45) is 5.73 Å². The molecule has 0 aromatic heterocycles. The fourth-order valence-corrected chi connectivity index (χ4v) is 2.58. The Kier molecular flexibility index (Phi) is 5.03. The van der Waals surface area contributed by atoms with Crippen molar-refractivity contribution in [2.75, 3.05) is 26.2 Å². The van der Waals surface area contributed by atoms with Gasteiger partial charge < -0.3 is 5.73 Å². The molecule has 0 aromatic rings. The van der Waals surface area contributed by atoms with E-state index in [1.165, 1.54) is 26.2 Å². The summed E-state index contributed by atoms with van der Waals surface area (Å²) in [6.45, 7) is 13.8. The van der Waals surface area contributed by atoms with Gasteiger partial charge in [0.25, 0.3) is 0 Å². The molecule has 0 spiro atoms. The van der Waals surface area contributed by atoms with E-state index in [1.54, 1.807) is 0 Å². The normalized spacial score (nSPS) is 29.0. The van der Waals surface area contributed by atoms with Gasteiger partial charge in [0.2, 0.25) is 0 Å². The molecule has 0 aromatic carbocycles. The topological polar surface area (TPSA) is 32.5 Å². The molecule has 3 nitrogen and oxygen atoms in total. The van der Waals surface area contributed by atoms with E-state index in [2.05, 4.69) is 37.5 Å². The van der Waals surface area contributed by atoms with Gasteiger partial charge in [-0.2, -0.15) is 0 Å². The summed E-state index contributed by atoms with van der Waals surface area (Å²) >= 11 is 0. The van der Waals surface area contributed by atoms with Crippen molar-refractivity contribution in [3.63, 3.8) is 0 Å². The van der Waals surface area contributed by atoms with Gasteiger partial charge in [-0.1, -0.05) is 6.92 Å². The second kappa shape index (κ2) is 5.83. The predicted molar refractivity (Wildman–Crippen MR) is 66.0 cm³/mol. The molecule has 0 bridgehead atoms. The van der Waals surface area contributed by atoms with Gasteiger partial charge in [-0.05, 0) is 33.7 Å². The van der Waals surface area contributed by atoms with Gasteiger partial charge in [0.05, 0.1) is 0 Å². The van der Waals surface area contributed by atoms with Gasteiger partial charge in [-0.3, -0.25) is 9.80 Å². The van der Waals surface area contributed by atoms with Crippen LogP contribution in [0.15, 0.2) is 0 Å². The molecule has 2 N–H and O–H groups in total. The summed E-state index contributed by atoms with van der Waals surface area (Å²) in [5, 5.41) is 0. The van der Waals surface area contributed by atoms with Gasteiger partial charge in [-0.25, -0.2) is 0 Å². The summed E-state index contributed by atoms with van der Waals surface area (Å²) in [5.74, 6) is 0. The maximum Gasteiger partial charge on any atom is 0.0195 e. The highest BCUT2D eigenvalue weighted by atomic mass is 15.3. The summed E-state index contributed by atoms with van der Waals surface area (Å²) in [4.78, 5) is 5.13. The van der Waals surface area contributed by atoms with Crippen molar-refractivity contribution in [1.82, 2.24) is 9.80 Å². The molecule has 3 atom stereocenters. The summed E-state index contributed by atoms with van der Waals surface area (Å²) in [7, 11) is 0. The van der Waals surface area contributed by atoms with Crippen LogP contribution in [0.3, 0.4) is 0 Å². The zero-order chi connectivity index (χ0) is 11.4. The Bertz CT molecular complexity index is 182. The summed E-state index contributed by atoms with van der Waals surface area (Å²) in [5.41, 5.74) is 5.85. The quantitative estimate of drug-likeness (QED) is 0.760. The Balaban J connectivity index is 2.39. The lowest BCUT2D eigenvalue weighted by molar-refractivity contribution is 0.0598. The number of hydrogen-bond acceptors (Lipinski definition) is 3. The van der Waals surface area contributed by atoms with Crippen LogP contribution in [-0.4, -0.2) is 54.1 Å². The first-order chi connectivity index (χ1) is 7.04. The van der Waals surface area contributed by atoms with Crippen LogP contribution in [0.25, 0.3) is 0 Å². The van der Waals surface area contributed by atoms with Crippen LogP contribution < -0.4 is 5.73 Å². The first-order valence-corrected chi connectivity index (χ1v) is 6.28. The number of likely N-dealkylation sites (N-methyl/N-ethyl adjacent to an activating group) is 1. The van der Waals surface area contributed by atoms with E-state index in [4.69, 9.17) is 5.73 Å². The van der Waals surface area contributed by atoms with Crippen molar-refractivity contribution in [1.29, 1.82) is 0 Å². The van der Waals surface area contributed by atoms with E-state index < -0.39 is 0 Å². The second-order valence-electron chi connectivity index (χ2n) is 5.03. The zero-order valence-corrected chi connectivity index (χ0v) is 10.7. The minimum Gasteiger partial charge on any atom is -0.328 e. The minimum atomic E-state index is 0.319. The molecule has 1 saturated heterocycles. The highest BCUT2D eigenvalue weighted by Gasteiger charge is 2.25. The Labute approximate surface area is 94.6 Å². The average molecular weight is 213 g/mol. The Morgan fingerprint density at radius 3 is 2.47 bits per heavy atom. The van der Waals surface area contributed by atoms with E-state index in [0.29, 0.717) is 18.1 Å². The van der Waals surface area contributed by atoms with E-state index in [1.807, 2.05) is 0 Å². The summed E-state index contributed by atoms with van der Waals surface area (Å²) in [6.07, 6.45) is 1.11. The largest absolute Gasteiger partial charge is 0.328 e. The lowest BCUT2D eigenvalue weighted by atomic mass is 10.1. The van der Waals surface area contributed by atoms with Gasteiger partial charge in [0, 0.05) is 37.8 Å². The first kappa shape index (κ1) is 12.9. The third-order valence-corrected chi connectivity index (χ3v) is 3.54. The molecular formula is C12H27N3. The molecule has 0 saturated carbocycles. The minimum absolute atomic E-state index is 0.319. The SMILES string of the molecule is CCN1CCN(C(C)CC(C)N)CC1C. The van der Waals surface area contributed by atoms with Crippen molar-refractivity contribution < 1.29 is 0 Å². The summed E-state index contributed by atoms with van der Waals surface area (Å²) < 4.78 is 0. The van der Waals surface area contributed by atoms with Crippen LogP contribution in [0.5, 0.6) is 0 Å². The molecule has 1 heterocycles. The predicted octanol–water partition coefficient (Wildman–Crippen LogP) is 1.14. The standard InChI is InChI=1S/C12H27N3/c1-5-14-6-7-15(9-12(14)4)11(3)8-10(2)13/h10-12H,5-9,13H2,1-4H3. The molecule has 90 valence electrons. The number of nitrogens with two attached hydrogens (primary N) is 1. The number of rotatable bonds is 4. The van der Waals surface area contributed by atoms with E-state index in [0.717, 1.165) is 6.42 Å².